The molecule has 0 spiro atoms. The fraction of sp³-hybridized carbons (Fsp3) is 0.136. The van der Waals surface area contributed by atoms with Gasteiger partial charge < -0.3 is 19.8 Å². The molecule has 1 aromatic heterocycles. The van der Waals surface area contributed by atoms with Gasteiger partial charge >= 0.3 is 0 Å². The summed E-state index contributed by atoms with van der Waals surface area (Å²) >= 11 is 5.45. The fourth-order valence-corrected chi connectivity index (χ4v) is 3.25. The zero-order valence-electron chi connectivity index (χ0n) is 15.2. The molecular weight excluding hydrogens is 356 g/mol. The van der Waals surface area contributed by atoms with Crippen LogP contribution in [0.1, 0.15) is 11.1 Å². The second-order valence-corrected chi connectivity index (χ2v) is 6.85. The Labute approximate surface area is 163 Å². The Morgan fingerprint density at radius 2 is 1.78 bits per heavy atom. The molecule has 0 atom stereocenters. The molecule has 136 valence electrons. The number of methoxy groups -OCH3 is 1. The average Bonchev–Trinajstić information content (AvgIpc) is 3.04. The third-order valence-electron chi connectivity index (χ3n) is 4.52. The van der Waals surface area contributed by atoms with Crippen molar-refractivity contribution in [1.82, 2.24) is 5.32 Å². The molecule has 0 unspecified atom stereocenters. The summed E-state index contributed by atoms with van der Waals surface area (Å²) in [5.41, 5.74) is 4.82. The monoisotopic (exact) mass is 376 g/mol. The van der Waals surface area contributed by atoms with Gasteiger partial charge in [0.2, 0.25) is 0 Å². The molecule has 4 rings (SSSR count). The summed E-state index contributed by atoms with van der Waals surface area (Å²) in [6.07, 6.45) is 0. The van der Waals surface area contributed by atoms with Crippen molar-refractivity contribution in [1.29, 1.82) is 0 Å². The number of fused-ring (bicyclic) bond motifs is 3. The predicted molar refractivity (Wildman–Crippen MR) is 115 cm³/mol. The molecule has 0 aliphatic carbocycles. The van der Waals surface area contributed by atoms with Gasteiger partial charge in [-0.2, -0.15) is 0 Å². The second-order valence-electron chi connectivity index (χ2n) is 6.44. The highest BCUT2D eigenvalue weighted by Gasteiger charge is 2.13. The van der Waals surface area contributed by atoms with E-state index in [1.165, 1.54) is 11.1 Å². The third-order valence-corrected chi connectivity index (χ3v) is 4.77. The predicted octanol–water partition coefficient (Wildman–Crippen LogP) is 5.39. The van der Waals surface area contributed by atoms with Crippen LogP contribution in [0.2, 0.25) is 0 Å². The van der Waals surface area contributed by atoms with Crippen molar-refractivity contribution in [2.45, 2.75) is 13.5 Å². The van der Waals surface area contributed by atoms with Crippen LogP contribution in [-0.4, -0.2) is 12.2 Å². The number of hydrogen-bond acceptors (Lipinski definition) is 3. The summed E-state index contributed by atoms with van der Waals surface area (Å²) in [5.74, 6) is 0.716. The van der Waals surface area contributed by atoms with Gasteiger partial charge in [-0.15, -0.1) is 0 Å². The van der Waals surface area contributed by atoms with Gasteiger partial charge in [-0.25, -0.2) is 0 Å². The number of rotatable bonds is 4. The second kappa shape index (κ2) is 7.29. The number of ether oxygens (including phenoxy) is 1. The number of furan rings is 1. The minimum atomic E-state index is 0.532. The fourth-order valence-electron chi connectivity index (χ4n) is 3.07. The number of hydrogen-bond donors (Lipinski definition) is 2. The minimum Gasteiger partial charge on any atom is -0.495 e. The lowest BCUT2D eigenvalue weighted by Crippen LogP contribution is -2.28. The topological polar surface area (TPSA) is 46.4 Å². The standard InChI is InChI=1S/C22H20N2O2S/c1-14-7-9-15(10-8-14)13-23-22(27)24-18-12-20-17(11-21(18)25-2)16-5-3-4-6-19(16)26-20/h3-12H,13H2,1-2H3,(H2,23,24,27). The SMILES string of the molecule is COc1cc2c(cc1NC(=S)NCc1ccc(C)cc1)oc1ccccc12. The van der Waals surface area contributed by atoms with Gasteiger partial charge in [0.25, 0.3) is 0 Å². The molecule has 0 aliphatic heterocycles. The van der Waals surface area contributed by atoms with Crippen LogP contribution < -0.4 is 15.4 Å². The smallest absolute Gasteiger partial charge is 0.171 e. The number of nitrogens with one attached hydrogen (secondary N) is 2. The van der Waals surface area contributed by atoms with E-state index in [2.05, 4.69) is 41.8 Å². The average molecular weight is 376 g/mol. The van der Waals surface area contributed by atoms with Gasteiger partial charge in [0, 0.05) is 23.4 Å². The van der Waals surface area contributed by atoms with Gasteiger partial charge in [-0.05, 0) is 36.8 Å². The first-order chi connectivity index (χ1) is 13.1. The molecule has 27 heavy (non-hydrogen) atoms. The summed E-state index contributed by atoms with van der Waals surface area (Å²) < 4.78 is 11.5. The van der Waals surface area contributed by atoms with Crippen LogP contribution in [0.15, 0.2) is 65.1 Å². The Balaban J connectivity index is 1.56. The molecule has 0 amide bonds. The van der Waals surface area contributed by atoms with Crippen molar-refractivity contribution in [3.63, 3.8) is 0 Å². The van der Waals surface area contributed by atoms with E-state index in [0.29, 0.717) is 17.4 Å². The highest BCUT2D eigenvalue weighted by atomic mass is 32.1. The van der Waals surface area contributed by atoms with Crippen molar-refractivity contribution < 1.29 is 9.15 Å². The summed E-state index contributed by atoms with van der Waals surface area (Å²) in [4.78, 5) is 0. The van der Waals surface area contributed by atoms with E-state index in [1.807, 2.05) is 36.4 Å². The maximum atomic E-state index is 5.96. The van der Waals surface area contributed by atoms with Crippen molar-refractivity contribution in [3.8, 4) is 5.75 Å². The van der Waals surface area contributed by atoms with Crippen LogP contribution >= 0.6 is 12.2 Å². The summed E-state index contributed by atoms with van der Waals surface area (Å²) in [6, 6.07) is 20.2. The minimum absolute atomic E-state index is 0.532. The summed E-state index contributed by atoms with van der Waals surface area (Å²) in [6.45, 7) is 2.73. The van der Waals surface area contributed by atoms with Crippen molar-refractivity contribution in [3.05, 3.63) is 71.8 Å². The molecular formula is C22H20N2O2S. The molecule has 1 heterocycles. The molecule has 0 saturated carbocycles. The first-order valence-corrected chi connectivity index (χ1v) is 9.14. The number of benzene rings is 3. The Kier molecular flexibility index (Phi) is 4.69. The molecule has 0 bridgehead atoms. The highest BCUT2D eigenvalue weighted by Crippen LogP contribution is 2.36. The normalized spacial score (nSPS) is 10.9. The molecule has 4 nitrogen and oxygen atoms in total. The van der Waals surface area contributed by atoms with E-state index in [-0.39, 0.29) is 0 Å². The van der Waals surface area contributed by atoms with E-state index in [1.54, 1.807) is 7.11 Å². The highest BCUT2D eigenvalue weighted by molar-refractivity contribution is 7.80. The molecule has 4 aromatic rings. The molecule has 5 heteroatoms. The van der Waals surface area contributed by atoms with Crippen LogP contribution in [-0.2, 0) is 6.54 Å². The lowest BCUT2D eigenvalue weighted by molar-refractivity contribution is 0.417. The van der Waals surface area contributed by atoms with Gasteiger partial charge in [-0.3, -0.25) is 0 Å². The molecule has 0 aliphatic rings. The lowest BCUT2D eigenvalue weighted by Gasteiger charge is -2.13. The maximum absolute atomic E-state index is 5.96. The zero-order chi connectivity index (χ0) is 18.8. The first-order valence-electron chi connectivity index (χ1n) is 8.74. The Bertz CT molecular complexity index is 1120. The Morgan fingerprint density at radius 3 is 2.56 bits per heavy atom. The zero-order valence-corrected chi connectivity index (χ0v) is 16.0. The van der Waals surface area contributed by atoms with Crippen LogP contribution in [0.4, 0.5) is 5.69 Å². The van der Waals surface area contributed by atoms with E-state index in [0.717, 1.165) is 27.6 Å². The number of anilines is 1. The Morgan fingerprint density at radius 1 is 1.00 bits per heavy atom. The molecule has 3 aromatic carbocycles. The van der Waals surface area contributed by atoms with E-state index in [9.17, 15) is 0 Å². The molecule has 0 fully saturated rings. The van der Waals surface area contributed by atoms with Crippen molar-refractivity contribution >= 4 is 45.0 Å². The molecule has 0 saturated heterocycles. The van der Waals surface area contributed by atoms with Crippen LogP contribution in [0.3, 0.4) is 0 Å². The third kappa shape index (κ3) is 3.59. The van der Waals surface area contributed by atoms with Gasteiger partial charge in [0.05, 0.1) is 12.8 Å². The summed E-state index contributed by atoms with van der Waals surface area (Å²) in [7, 11) is 1.65. The van der Waals surface area contributed by atoms with E-state index < -0.39 is 0 Å². The quantitative estimate of drug-likeness (QED) is 0.468. The van der Waals surface area contributed by atoms with Crippen LogP contribution in [0.5, 0.6) is 5.75 Å². The van der Waals surface area contributed by atoms with Crippen LogP contribution in [0, 0.1) is 6.92 Å². The van der Waals surface area contributed by atoms with Gasteiger partial charge in [0.1, 0.15) is 16.9 Å². The number of thiocarbonyl (C=S) groups is 1. The first kappa shape index (κ1) is 17.4. The van der Waals surface area contributed by atoms with Crippen molar-refractivity contribution in [2.75, 3.05) is 12.4 Å². The summed E-state index contributed by atoms with van der Waals surface area (Å²) in [5, 5.41) is 9.06. The van der Waals surface area contributed by atoms with E-state index >= 15 is 0 Å². The van der Waals surface area contributed by atoms with Gasteiger partial charge in [0.15, 0.2) is 5.11 Å². The largest absolute Gasteiger partial charge is 0.495 e. The van der Waals surface area contributed by atoms with E-state index in [4.69, 9.17) is 21.4 Å². The van der Waals surface area contributed by atoms with Crippen LogP contribution in [0.25, 0.3) is 21.9 Å². The van der Waals surface area contributed by atoms with Crippen molar-refractivity contribution in [2.24, 2.45) is 0 Å². The molecule has 2 N–H and O–H groups in total. The molecule has 0 radical (unpaired) electrons. The Hall–Kier alpha value is -3.05. The number of aryl methyl sites for hydroxylation is 1. The van der Waals surface area contributed by atoms with Gasteiger partial charge in [-0.1, -0.05) is 48.0 Å². The maximum Gasteiger partial charge on any atom is 0.171 e. The number of para-hydroxylation sites is 1. The lowest BCUT2D eigenvalue weighted by atomic mass is 10.1.